The number of aromatic nitrogens is 1. The topological polar surface area (TPSA) is 89.7 Å². The van der Waals surface area contributed by atoms with Crippen LogP contribution in [-0.4, -0.2) is 16.1 Å². The maximum atomic E-state index is 13.2. The summed E-state index contributed by atoms with van der Waals surface area (Å²) in [7, 11) is 0. The van der Waals surface area contributed by atoms with Gasteiger partial charge in [-0.3, -0.25) is 15.5 Å². The lowest BCUT2D eigenvalue weighted by atomic mass is 10.2. The molecule has 1 N–H and O–H groups in total. The summed E-state index contributed by atoms with van der Waals surface area (Å²) >= 11 is 12.5. The average Bonchev–Trinajstić information content (AvgIpc) is 2.68. The van der Waals surface area contributed by atoms with Crippen LogP contribution >= 0.6 is 23.2 Å². The van der Waals surface area contributed by atoms with Gasteiger partial charge in [-0.2, -0.15) is 5.10 Å². The predicted molar refractivity (Wildman–Crippen MR) is 109 cm³/mol. The second-order valence-electron chi connectivity index (χ2n) is 5.76. The van der Waals surface area contributed by atoms with Gasteiger partial charge in [-0.1, -0.05) is 35.3 Å². The molecule has 148 valence electrons. The number of pyridine rings is 1. The van der Waals surface area contributed by atoms with E-state index in [-0.39, 0.29) is 33.9 Å². The standard InChI is InChI=1S/C19H13Cl2FN4O3/c20-16-7-13(9-24-25-18-5-4-15(10-23-18)26(27)28)8-17(21)19(16)29-11-12-2-1-3-14(22)6-12/h1-10H,11H2,(H,23,25)/b24-9+. The van der Waals surface area contributed by atoms with Crippen molar-refractivity contribution in [3.63, 3.8) is 0 Å². The van der Waals surface area contributed by atoms with Crippen molar-refractivity contribution in [3.8, 4) is 5.75 Å². The lowest BCUT2D eigenvalue weighted by Gasteiger charge is -2.11. The molecule has 7 nitrogen and oxygen atoms in total. The summed E-state index contributed by atoms with van der Waals surface area (Å²) in [4.78, 5) is 13.9. The molecule has 0 bridgehead atoms. The van der Waals surface area contributed by atoms with Crippen LogP contribution in [0.1, 0.15) is 11.1 Å². The summed E-state index contributed by atoms with van der Waals surface area (Å²) in [5.41, 5.74) is 3.76. The van der Waals surface area contributed by atoms with E-state index in [9.17, 15) is 14.5 Å². The Morgan fingerprint density at radius 2 is 1.97 bits per heavy atom. The zero-order chi connectivity index (χ0) is 20.8. The Morgan fingerprint density at radius 1 is 1.21 bits per heavy atom. The number of hydrogen-bond donors (Lipinski definition) is 1. The fraction of sp³-hybridized carbons (Fsp3) is 0.0526. The molecule has 0 aliphatic carbocycles. The number of anilines is 1. The third-order valence-electron chi connectivity index (χ3n) is 3.64. The van der Waals surface area contributed by atoms with Gasteiger partial charge in [0.15, 0.2) is 5.75 Å². The molecule has 0 amide bonds. The van der Waals surface area contributed by atoms with E-state index in [0.29, 0.717) is 16.9 Å². The van der Waals surface area contributed by atoms with E-state index in [1.165, 1.54) is 30.5 Å². The Balaban J connectivity index is 1.65. The van der Waals surface area contributed by atoms with Crippen molar-refractivity contribution < 1.29 is 14.1 Å². The van der Waals surface area contributed by atoms with Crippen molar-refractivity contribution in [2.45, 2.75) is 6.61 Å². The first-order valence-corrected chi connectivity index (χ1v) is 8.94. The highest BCUT2D eigenvalue weighted by Gasteiger charge is 2.10. The van der Waals surface area contributed by atoms with Crippen LogP contribution < -0.4 is 10.2 Å². The largest absolute Gasteiger partial charge is 0.486 e. The first-order valence-electron chi connectivity index (χ1n) is 8.18. The summed E-state index contributed by atoms with van der Waals surface area (Å²) < 4.78 is 18.9. The van der Waals surface area contributed by atoms with Crippen LogP contribution in [0, 0.1) is 15.9 Å². The molecule has 0 radical (unpaired) electrons. The van der Waals surface area contributed by atoms with Crippen molar-refractivity contribution in [2.75, 3.05) is 5.43 Å². The highest BCUT2D eigenvalue weighted by Crippen LogP contribution is 2.34. The minimum absolute atomic E-state index is 0.109. The van der Waals surface area contributed by atoms with Crippen LogP contribution in [-0.2, 0) is 6.61 Å². The molecule has 2 aromatic carbocycles. The monoisotopic (exact) mass is 434 g/mol. The van der Waals surface area contributed by atoms with E-state index >= 15 is 0 Å². The van der Waals surface area contributed by atoms with Gasteiger partial charge in [0.1, 0.15) is 24.4 Å². The van der Waals surface area contributed by atoms with Crippen molar-refractivity contribution in [1.29, 1.82) is 0 Å². The molecule has 0 unspecified atom stereocenters. The van der Waals surface area contributed by atoms with Gasteiger partial charge in [0.2, 0.25) is 0 Å². The lowest BCUT2D eigenvalue weighted by molar-refractivity contribution is -0.385. The van der Waals surface area contributed by atoms with Crippen LogP contribution in [0.4, 0.5) is 15.9 Å². The highest BCUT2D eigenvalue weighted by molar-refractivity contribution is 6.37. The number of hydrogen-bond acceptors (Lipinski definition) is 6. The van der Waals surface area contributed by atoms with Gasteiger partial charge in [0.25, 0.3) is 5.69 Å². The van der Waals surface area contributed by atoms with Gasteiger partial charge in [-0.15, -0.1) is 0 Å². The first-order chi connectivity index (χ1) is 13.9. The Bertz CT molecular complexity index is 1040. The third-order valence-corrected chi connectivity index (χ3v) is 4.21. The minimum Gasteiger partial charge on any atom is -0.486 e. The van der Waals surface area contributed by atoms with Crippen molar-refractivity contribution in [1.82, 2.24) is 4.98 Å². The predicted octanol–water partition coefficient (Wildman–Crippen LogP) is 5.46. The Labute approximate surface area is 174 Å². The summed E-state index contributed by atoms with van der Waals surface area (Å²) in [6.45, 7) is 0.109. The van der Waals surface area contributed by atoms with Crippen molar-refractivity contribution in [3.05, 3.63) is 91.8 Å². The zero-order valence-electron chi connectivity index (χ0n) is 14.7. The normalized spacial score (nSPS) is 10.9. The van der Waals surface area contributed by atoms with E-state index in [2.05, 4.69) is 15.5 Å². The summed E-state index contributed by atoms with van der Waals surface area (Å²) in [6.07, 6.45) is 2.58. The summed E-state index contributed by atoms with van der Waals surface area (Å²) in [5.74, 6) is 0.253. The Morgan fingerprint density at radius 3 is 2.59 bits per heavy atom. The first kappa shape index (κ1) is 20.5. The van der Waals surface area contributed by atoms with Gasteiger partial charge in [0, 0.05) is 6.07 Å². The SMILES string of the molecule is O=[N+]([O-])c1ccc(N/N=C/c2cc(Cl)c(OCc3cccc(F)c3)c(Cl)c2)nc1. The van der Waals surface area contributed by atoms with Crippen molar-refractivity contribution in [2.24, 2.45) is 5.10 Å². The maximum absolute atomic E-state index is 13.2. The highest BCUT2D eigenvalue weighted by atomic mass is 35.5. The molecule has 1 aromatic heterocycles. The molecule has 1 heterocycles. The number of rotatable bonds is 7. The van der Waals surface area contributed by atoms with E-state index in [0.717, 1.165) is 6.20 Å². The van der Waals surface area contributed by atoms with E-state index < -0.39 is 4.92 Å². The van der Waals surface area contributed by atoms with E-state index in [1.807, 2.05) is 0 Å². The smallest absolute Gasteiger partial charge is 0.287 e. The molecule has 0 saturated heterocycles. The van der Waals surface area contributed by atoms with Crippen LogP contribution in [0.25, 0.3) is 0 Å². The molecular formula is C19H13Cl2FN4O3. The van der Waals surface area contributed by atoms with Crippen LogP contribution in [0.2, 0.25) is 10.0 Å². The number of nitro groups is 1. The number of hydrazone groups is 1. The molecule has 3 aromatic rings. The summed E-state index contributed by atoms with van der Waals surface area (Å²) in [6, 6.07) is 12.0. The molecule has 10 heteroatoms. The fourth-order valence-electron chi connectivity index (χ4n) is 2.31. The van der Waals surface area contributed by atoms with E-state index in [1.54, 1.807) is 24.3 Å². The third kappa shape index (κ3) is 5.63. The van der Waals surface area contributed by atoms with Crippen LogP contribution in [0.3, 0.4) is 0 Å². The van der Waals surface area contributed by atoms with Crippen LogP contribution in [0.15, 0.2) is 59.8 Å². The molecule has 0 aliphatic heterocycles. The van der Waals surface area contributed by atoms with Crippen molar-refractivity contribution >= 4 is 40.9 Å². The molecule has 0 atom stereocenters. The Hall–Kier alpha value is -3.23. The fourth-order valence-corrected chi connectivity index (χ4v) is 2.92. The molecule has 29 heavy (non-hydrogen) atoms. The number of nitrogens with one attached hydrogen (secondary N) is 1. The van der Waals surface area contributed by atoms with Crippen LogP contribution in [0.5, 0.6) is 5.75 Å². The maximum Gasteiger partial charge on any atom is 0.287 e. The summed E-state index contributed by atoms with van der Waals surface area (Å²) in [5, 5.41) is 15.1. The molecular weight excluding hydrogens is 422 g/mol. The zero-order valence-corrected chi connectivity index (χ0v) is 16.2. The molecule has 0 aliphatic rings. The molecule has 0 spiro atoms. The number of nitrogens with zero attached hydrogens (tertiary/aromatic N) is 3. The molecule has 0 saturated carbocycles. The van der Waals surface area contributed by atoms with E-state index in [4.69, 9.17) is 27.9 Å². The average molecular weight is 435 g/mol. The number of benzene rings is 2. The van der Waals surface area contributed by atoms with Gasteiger partial charge >= 0.3 is 0 Å². The second-order valence-corrected chi connectivity index (χ2v) is 6.58. The van der Waals surface area contributed by atoms with Gasteiger partial charge in [0.05, 0.1) is 21.2 Å². The Kier molecular flexibility index (Phi) is 6.58. The van der Waals surface area contributed by atoms with Gasteiger partial charge in [-0.05, 0) is 41.5 Å². The lowest BCUT2D eigenvalue weighted by Crippen LogP contribution is -1.98. The molecule has 3 rings (SSSR count). The molecule has 0 fully saturated rings. The second kappa shape index (κ2) is 9.31. The quantitative estimate of drug-likeness (QED) is 0.302. The minimum atomic E-state index is -0.540. The number of ether oxygens (including phenoxy) is 1. The van der Waals surface area contributed by atoms with Gasteiger partial charge in [-0.25, -0.2) is 9.37 Å². The number of halogens is 3. The van der Waals surface area contributed by atoms with Gasteiger partial charge < -0.3 is 4.74 Å².